The molecule has 4 heterocycles. The lowest BCUT2D eigenvalue weighted by Gasteiger charge is -2.19. The van der Waals surface area contributed by atoms with E-state index in [0.717, 1.165) is 17.7 Å². The standard InChI is InChI=1S/C27H24F3N7O3/c1-14(2)36-13-17(5-6-23(36)38)21-12-22-24(33-16(4)34-26(22)35-8-7-31-25(21)35)32-15(3)18-9-19(27(28,29)30)11-20(10-18)37(39)40/h5-15H,1-4H3,(H,32,33,34)/t15-/m1/s1. The van der Waals surface area contributed by atoms with E-state index in [-0.39, 0.29) is 17.2 Å². The Hall–Kier alpha value is -4.81. The van der Waals surface area contributed by atoms with Crippen LogP contribution in [0.4, 0.5) is 24.7 Å². The van der Waals surface area contributed by atoms with Gasteiger partial charge in [-0.1, -0.05) is 0 Å². The van der Waals surface area contributed by atoms with Crippen LogP contribution in [0, 0.1) is 17.0 Å². The third-order valence-corrected chi connectivity index (χ3v) is 6.57. The summed E-state index contributed by atoms with van der Waals surface area (Å²) in [5.41, 5.74) is 0.645. The number of benzene rings is 1. The summed E-state index contributed by atoms with van der Waals surface area (Å²) < 4.78 is 43.9. The van der Waals surface area contributed by atoms with Crippen LogP contribution in [0.15, 0.2) is 59.8 Å². The van der Waals surface area contributed by atoms with Crippen LogP contribution >= 0.6 is 0 Å². The van der Waals surface area contributed by atoms with E-state index < -0.39 is 28.4 Å². The van der Waals surface area contributed by atoms with Gasteiger partial charge in [-0.3, -0.25) is 19.3 Å². The lowest BCUT2D eigenvalue weighted by molar-refractivity contribution is -0.385. The van der Waals surface area contributed by atoms with Gasteiger partial charge in [0, 0.05) is 54.0 Å². The summed E-state index contributed by atoms with van der Waals surface area (Å²) in [6.45, 7) is 7.07. The molecule has 0 amide bonds. The fraction of sp³-hybridized carbons (Fsp3) is 0.259. The molecule has 0 saturated carbocycles. The van der Waals surface area contributed by atoms with Crippen LogP contribution in [0.5, 0.6) is 0 Å². The fourth-order valence-electron chi connectivity index (χ4n) is 4.60. The van der Waals surface area contributed by atoms with Crippen molar-refractivity contribution in [3.63, 3.8) is 0 Å². The highest BCUT2D eigenvalue weighted by atomic mass is 19.4. The second kappa shape index (κ2) is 9.74. The van der Waals surface area contributed by atoms with Crippen molar-refractivity contribution in [2.24, 2.45) is 0 Å². The summed E-state index contributed by atoms with van der Waals surface area (Å²) in [7, 11) is 0. The summed E-state index contributed by atoms with van der Waals surface area (Å²) in [5, 5.41) is 15.0. The molecule has 1 atom stereocenters. The summed E-state index contributed by atoms with van der Waals surface area (Å²) in [6.07, 6.45) is 0.337. The molecule has 0 unspecified atom stereocenters. The quantitative estimate of drug-likeness (QED) is 0.200. The van der Waals surface area contributed by atoms with Crippen molar-refractivity contribution < 1.29 is 18.1 Å². The lowest BCUT2D eigenvalue weighted by Crippen LogP contribution is -2.20. The summed E-state index contributed by atoms with van der Waals surface area (Å²) in [5.74, 6) is 0.720. The van der Waals surface area contributed by atoms with Gasteiger partial charge in [0.15, 0.2) is 5.65 Å². The van der Waals surface area contributed by atoms with Crippen molar-refractivity contribution in [1.29, 1.82) is 0 Å². The molecule has 0 aliphatic rings. The number of aryl methyl sites for hydroxylation is 1. The van der Waals surface area contributed by atoms with Gasteiger partial charge < -0.3 is 9.88 Å². The van der Waals surface area contributed by atoms with E-state index in [1.54, 1.807) is 47.5 Å². The monoisotopic (exact) mass is 551 g/mol. The van der Waals surface area contributed by atoms with Crippen molar-refractivity contribution in [1.82, 2.24) is 23.9 Å². The predicted molar refractivity (Wildman–Crippen MR) is 143 cm³/mol. The molecule has 4 aromatic heterocycles. The molecule has 206 valence electrons. The number of aromatic nitrogens is 5. The van der Waals surface area contributed by atoms with Crippen molar-refractivity contribution >= 4 is 28.2 Å². The van der Waals surface area contributed by atoms with Gasteiger partial charge in [0.1, 0.15) is 17.3 Å². The molecular weight excluding hydrogens is 527 g/mol. The molecule has 5 aromatic rings. The first-order valence-electron chi connectivity index (χ1n) is 12.3. The zero-order chi connectivity index (χ0) is 28.9. The number of non-ortho nitro benzene ring substituents is 1. The molecule has 0 aliphatic heterocycles. The second-order valence-corrected chi connectivity index (χ2v) is 9.73. The Labute approximate surface area is 225 Å². The zero-order valence-corrected chi connectivity index (χ0v) is 21.9. The Kier molecular flexibility index (Phi) is 6.52. The number of hydrogen-bond donors (Lipinski definition) is 1. The third kappa shape index (κ3) is 4.85. The van der Waals surface area contributed by atoms with Crippen molar-refractivity contribution in [3.05, 3.63) is 92.4 Å². The summed E-state index contributed by atoms with van der Waals surface area (Å²) >= 11 is 0. The van der Waals surface area contributed by atoms with Crippen LogP contribution in [0.25, 0.3) is 27.8 Å². The Morgan fingerprint density at radius 1 is 1.05 bits per heavy atom. The number of nitro benzene ring substituents is 1. The first kappa shape index (κ1) is 26.8. The Morgan fingerprint density at radius 2 is 1.80 bits per heavy atom. The molecule has 13 heteroatoms. The maximum Gasteiger partial charge on any atom is 0.416 e. The Balaban J connectivity index is 1.68. The van der Waals surface area contributed by atoms with Crippen molar-refractivity contribution in [2.75, 3.05) is 5.32 Å². The highest BCUT2D eigenvalue weighted by Crippen LogP contribution is 2.36. The highest BCUT2D eigenvalue weighted by molar-refractivity contribution is 5.95. The lowest BCUT2D eigenvalue weighted by atomic mass is 10.0. The average molecular weight is 552 g/mol. The first-order valence-corrected chi connectivity index (χ1v) is 12.3. The molecule has 40 heavy (non-hydrogen) atoms. The van der Waals surface area contributed by atoms with E-state index in [4.69, 9.17) is 0 Å². The van der Waals surface area contributed by atoms with Gasteiger partial charge in [-0.05, 0) is 51.5 Å². The number of fused-ring (bicyclic) bond motifs is 3. The smallest absolute Gasteiger partial charge is 0.363 e. The van der Waals surface area contributed by atoms with Gasteiger partial charge >= 0.3 is 6.18 Å². The molecule has 0 bridgehead atoms. The van der Waals surface area contributed by atoms with E-state index >= 15 is 0 Å². The third-order valence-electron chi connectivity index (χ3n) is 6.57. The highest BCUT2D eigenvalue weighted by Gasteiger charge is 2.33. The summed E-state index contributed by atoms with van der Waals surface area (Å²) in [4.78, 5) is 36.5. The number of imidazole rings is 1. The van der Waals surface area contributed by atoms with Crippen LogP contribution in [0.2, 0.25) is 0 Å². The number of rotatable bonds is 6. The molecular formula is C27H24F3N7O3. The molecule has 0 fully saturated rings. The van der Waals surface area contributed by atoms with Gasteiger partial charge in [0.2, 0.25) is 0 Å². The van der Waals surface area contributed by atoms with Gasteiger partial charge in [0.25, 0.3) is 11.2 Å². The first-order chi connectivity index (χ1) is 18.8. The van der Waals surface area contributed by atoms with Gasteiger partial charge in [-0.2, -0.15) is 13.2 Å². The van der Waals surface area contributed by atoms with E-state index in [0.29, 0.717) is 40.0 Å². The van der Waals surface area contributed by atoms with Gasteiger partial charge in [0.05, 0.1) is 21.9 Å². The van der Waals surface area contributed by atoms with Crippen LogP contribution in [0.3, 0.4) is 0 Å². The molecule has 0 saturated heterocycles. The maximum absolute atomic E-state index is 13.5. The normalized spacial score (nSPS) is 12.8. The number of nitro groups is 1. The number of hydrogen-bond acceptors (Lipinski definition) is 7. The van der Waals surface area contributed by atoms with E-state index in [1.165, 1.54) is 6.07 Å². The van der Waals surface area contributed by atoms with E-state index in [1.807, 2.05) is 19.9 Å². The predicted octanol–water partition coefficient (Wildman–Crippen LogP) is 6.10. The van der Waals surface area contributed by atoms with Gasteiger partial charge in [-0.15, -0.1) is 0 Å². The van der Waals surface area contributed by atoms with Crippen LogP contribution < -0.4 is 10.9 Å². The fourth-order valence-corrected chi connectivity index (χ4v) is 4.60. The number of alkyl halides is 3. The minimum Gasteiger partial charge on any atom is -0.363 e. The van der Waals surface area contributed by atoms with Crippen molar-refractivity contribution in [3.8, 4) is 11.1 Å². The maximum atomic E-state index is 13.5. The Morgan fingerprint density at radius 3 is 2.48 bits per heavy atom. The molecule has 0 radical (unpaired) electrons. The molecule has 0 aliphatic carbocycles. The molecule has 1 aromatic carbocycles. The number of anilines is 1. The van der Waals surface area contributed by atoms with Crippen LogP contribution in [-0.4, -0.2) is 28.8 Å². The minimum absolute atomic E-state index is 0.0684. The SMILES string of the molecule is Cc1nc(N[C@H](C)c2cc([N+](=O)[O-])cc(C(F)(F)F)c2)c2cc(-c3ccc(=O)n(C(C)C)c3)c3nccn3c2n1. The average Bonchev–Trinajstić information content (AvgIpc) is 3.38. The number of nitrogens with one attached hydrogen (secondary N) is 1. The largest absolute Gasteiger partial charge is 0.416 e. The van der Waals surface area contributed by atoms with Crippen LogP contribution in [0.1, 0.15) is 49.8 Å². The Bertz CT molecular complexity index is 1840. The minimum atomic E-state index is -4.76. The van der Waals surface area contributed by atoms with Crippen molar-refractivity contribution in [2.45, 2.75) is 46.0 Å². The molecule has 10 nitrogen and oxygen atoms in total. The topological polar surface area (TPSA) is 120 Å². The zero-order valence-electron chi connectivity index (χ0n) is 21.9. The second-order valence-electron chi connectivity index (χ2n) is 9.73. The number of nitrogens with zero attached hydrogens (tertiary/aromatic N) is 6. The number of pyridine rings is 2. The van der Waals surface area contributed by atoms with Crippen LogP contribution in [-0.2, 0) is 6.18 Å². The number of halogens is 3. The summed E-state index contributed by atoms with van der Waals surface area (Å²) in [6, 6.07) is 6.63. The van der Waals surface area contributed by atoms with E-state index in [9.17, 15) is 28.1 Å². The molecule has 5 rings (SSSR count). The molecule has 1 N–H and O–H groups in total. The molecule has 0 spiro atoms. The van der Waals surface area contributed by atoms with Gasteiger partial charge in [-0.25, -0.2) is 15.0 Å². The van der Waals surface area contributed by atoms with E-state index in [2.05, 4.69) is 20.3 Å².